The third kappa shape index (κ3) is 7.65. The van der Waals surface area contributed by atoms with Crippen LogP contribution in [0, 0.1) is 0 Å². The van der Waals surface area contributed by atoms with Gasteiger partial charge in [0.2, 0.25) is 21.8 Å². The average Bonchev–Trinajstić information content (AvgIpc) is 2.83. The van der Waals surface area contributed by atoms with Crippen molar-refractivity contribution in [2.75, 3.05) is 37.9 Å². The third-order valence-electron chi connectivity index (χ3n) is 5.41. The monoisotopic (exact) mass is 559 g/mol. The number of carbonyl (C=O) groups excluding carboxylic acids is 2. The van der Waals surface area contributed by atoms with Gasteiger partial charge in [0.15, 0.2) is 0 Å². The Balaban J connectivity index is 2.48. The maximum atomic E-state index is 13.6. The van der Waals surface area contributed by atoms with E-state index in [1.165, 1.54) is 37.3 Å². The molecule has 0 radical (unpaired) electrons. The summed E-state index contributed by atoms with van der Waals surface area (Å²) >= 11 is 12.3. The molecule has 0 unspecified atom stereocenters. The number of amides is 2. The molecule has 2 aromatic carbocycles. The highest BCUT2D eigenvalue weighted by Crippen LogP contribution is 2.34. The summed E-state index contributed by atoms with van der Waals surface area (Å²) in [6, 6.07) is 8.48. The summed E-state index contributed by atoms with van der Waals surface area (Å²) in [4.78, 5) is 27.7. The van der Waals surface area contributed by atoms with E-state index in [9.17, 15) is 18.0 Å². The van der Waals surface area contributed by atoms with Crippen molar-refractivity contribution in [1.82, 2.24) is 10.2 Å². The second-order valence-electron chi connectivity index (χ2n) is 8.03. The molecular weight excluding hydrogens is 529 g/mol. The summed E-state index contributed by atoms with van der Waals surface area (Å²) in [6.07, 6.45) is 1.70. The van der Waals surface area contributed by atoms with Gasteiger partial charge < -0.3 is 19.7 Å². The van der Waals surface area contributed by atoms with E-state index < -0.39 is 28.5 Å². The second kappa shape index (κ2) is 13.0. The molecule has 1 N–H and O–H groups in total. The van der Waals surface area contributed by atoms with Gasteiger partial charge in [0.1, 0.15) is 24.1 Å². The van der Waals surface area contributed by atoms with E-state index in [0.29, 0.717) is 34.3 Å². The van der Waals surface area contributed by atoms with Crippen LogP contribution in [0.3, 0.4) is 0 Å². The molecule has 2 amide bonds. The Bertz CT molecular complexity index is 1190. The van der Waals surface area contributed by atoms with Crippen LogP contribution in [0.1, 0.15) is 25.8 Å². The first-order valence-corrected chi connectivity index (χ1v) is 13.7. The first-order valence-electron chi connectivity index (χ1n) is 11.1. The summed E-state index contributed by atoms with van der Waals surface area (Å²) in [5.74, 6) is -0.323. The zero-order valence-electron chi connectivity index (χ0n) is 20.9. The lowest BCUT2D eigenvalue weighted by Gasteiger charge is -2.32. The summed E-state index contributed by atoms with van der Waals surface area (Å²) in [7, 11) is -1.07. The van der Waals surface area contributed by atoms with Crippen molar-refractivity contribution in [2.24, 2.45) is 0 Å². The lowest BCUT2D eigenvalue weighted by molar-refractivity contribution is -0.139. The number of sulfonamides is 1. The van der Waals surface area contributed by atoms with E-state index in [1.807, 2.05) is 6.92 Å². The molecule has 36 heavy (non-hydrogen) atoms. The largest absolute Gasteiger partial charge is 0.497 e. The van der Waals surface area contributed by atoms with Crippen LogP contribution < -0.4 is 19.1 Å². The molecule has 0 aromatic heterocycles. The van der Waals surface area contributed by atoms with Crippen molar-refractivity contribution >= 4 is 50.7 Å². The number of hydrogen-bond acceptors (Lipinski definition) is 6. The van der Waals surface area contributed by atoms with Crippen molar-refractivity contribution in [3.63, 3.8) is 0 Å². The highest BCUT2D eigenvalue weighted by atomic mass is 35.5. The Labute approximate surface area is 222 Å². The Hall–Kier alpha value is -2.69. The van der Waals surface area contributed by atoms with E-state index in [2.05, 4.69) is 5.32 Å². The van der Waals surface area contributed by atoms with Crippen molar-refractivity contribution < 1.29 is 27.5 Å². The minimum absolute atomic E-state index is 0.0348. The van der Waals surface area contributed by atoms with Gasteiger partial charge in [-0.05, 0) is 43.2 Å². The normalized spacial score (nSPS) is 12.0. The van der Waals surface area contributed by atoms with Crippen molar-refractivity contribution in [3.8, 4) is 11.5 Å². The summed E-state index contributed by atoms with van der Waals surface area (Å²) in [5.41, 5.74) is 0.708. The topological polar surface area (TPSA) is 105 Å². The Morgan fingerprint density at radius 1 is 1.08 bits per heavy atom. The zero-order chi connectivity index (χ0) is 27.0. The van der Waals surface area contributed by atoms with Gasteiger partial charge in [-0.3, -0.25) is 13.9 Å². The van der Waals surface area contributed by atoms with Crippen LogP contribution >= 0.6 is 23.2 Å². The number of rotatable bonds is 12. The number of nitrogens with one attached hydrogen (secondary N) is 1. The molecule has 9 nitrogen and oxygen atoms in total. The lowest BCUT2D eigenvalue weighted by atomic mass is 10.1. The van der Waals surface area contributed by atoms with Gasteiger partial charge in [0, 0.05) is 29.2 Å². The lowest BCUT2D eigenvalue weighted by Crippen LogP contribution is -2.51. The fourth-order valence-electron chi connectivity index (χ4n) is 3.40. The maximum Gasteiger partial charge on any atom is 0.244 e. The molecule has 0 aliphatic carbocycles. The van der Waals surface area contributed by atoms with Crippen molar-refractivity contribution in [2.45, 2.75) is 32.9 Å². The number of hydrogen-bond donors (Lipinski definition) is 1. The van der Waals surface area contributed by atoms with E-state index in [0.717, 1.165) is 10.6 Å². The van der Waals surface area contributed by atoms with E-state index >= 15 is 0 Å². The zero-order valence-corrected chi connectivity index (χ0v) is 23.2. The smallest absolute Gasteiger partial charge is 0.244 e. The molecule has 12 heteroatoms. The molecule has 198 valence electrons. The molecule has 0 bridgehead atoms. The minimum Gasteiger partial charge on any atom is -0.497 e. The molecule has 0 aliphatic rings. The Kier molecular flexibility index (Phi) is 10.7. The second-order valence-corrected chi connectivity index (χ2v) is 10.8. The van der Waals surface area contributed by atoms with Crippen LogP contribution in [0.2, 0.25) is 10.0 Å². The molecule has 1 atom stereocenters. The van der Waals surface area contributed by atoms with Crippen LogP contribution in [0.4, 0.5) is 5.69 Å². The number of benzene rings is 2. The van der Waals surface area contributed by atoms with E-state index in [4.69, 9.17) is 32.7 Å². The SMILES string of the molecule is CCCNC(=O)[C@@H](C)N(Cc1ccc(Cl)cc1Cl)C(=O)CN(c1ccc(OC)cc1OC)S(C)(=O)=O. The molecule has 0 heterocycles. The van der Waals surface area contributed by atoms with Gasteiger partial charge in [0.05, 0.1) is 26.2 Å². The Morgan fingerprint density at radius 2 is 1.78 bits per heavy atom. The van der Waals surface area contributed by atoms with Gasteiger partial charge in [-0.1, -0.05) is 36.2 Å². The van der Waals surface area contributed by atoms with Gasteiger partial charge in [-0.15, -0.1) is 0 Å². The predicted octanol–water partition coefficient (Wildman–Crippen LogP) is 3.72. The van der Waals surface area contributed by atoms with Gasteiger partial charge in [-0.25, -0.2) is 8.42 Å². The summed E-state index contributed by atoms with van der Waals surface area (Å²) < 4.78 is 37.0. The highest BCUT2D eigenvalue weighted by molar-refractivity contribution is 7.92. The van der Waals surface area contributed by atoms with Crippen molar-refractivity contribution in [3.05, 3.63) is 52.0 Å². The van der Waals surface area contributed by atoms with Gasteiger partial charge in [-0.2, -0.15) is 0 Å². The van der Waals surface area contributed by atoms with Gasteiger partial charge >= 0.3 is 0 Å². The fourth-order valence-corrected chi connectivity index (χ4v) is 4.72. The van der Waals surface area contributed by atoms with Crippen LogP contribution in [-0.2, 0) is 26.2 Å². The molecule has 2 rings (SSSR count). The quantitative estimate of drug-likeness (QED) is 0.425. The molecule has 0 aliphatic heterocycles. The maximum absolute atomic E-state index is 13.6. The van der Waals surface area contributed by atoms with Gasteiger partial charge in [0.25, 0.3) is 0 Å². The molecule has 0 spiro atoms. The first-order chi connectivity index (χ1) is 16.9. The first kappa shape index (κ1) is 29.5. The molecule has 0 fully saturated rings. The van der Waals surface area contributed by atoms with Crippen molar-refractivity contribution in [1.29, 1.82) is 0 Å². The van der Waals surface area contributed by atoms with Crippen LogP contribution in [0.15, 0.2) is 36.4 Å². The third-order valence-corrected chi connectivity index (χ3v) is 7.12. The molecule has 0 saturated carbocycles. The number of methoxy groups -OCH3 is 2. The summed E-state index contributed by atoms with van der Waals surface area (Å²) in [6.45, 7) is 3.31. The number of ether oxygens (including phenoxy) is 2. The standard InChI is InChI=1S/C24H31Cl2N3O6S/c1-6-11-27-24(31)16(2)28(14-17-7-8-18(25)12-20(17)26)23(30)15-29(36(5,32)33)21-10-9-19(34-3)13-22(21)35-4/h7-10,12-13,16H,6,11,14-15H2,1-5H3,(H,27,31)/t16-/m1/s1. The van der Waals surface area contributed by atoms with E-state index in [-0.39, 0.29) is 23.9 Å². The fraction of sp³-hybridized carbons (Fsp3) is 0.417. The number of carbonyl (C=O) groups is 2. The van der Waals surface area contributed by atoms with Crippen LogP contribution in [0.5, 0.6) is 11.5 Å². The number of halogens is 2. The number of nitrogens with zero attached hydrogens (tertiary/aromatic N) is 2. The molecule has 2 aromatic rings. The van der Waals surface area contributed by atoms with E-state index in [1.54, 1.807) is 25.1 Å². The summed E-state index contributed by atoms with van der Waals surface area (Å²) in [5, 5.41) is 3.51. The molecule has 0 saturated heterocycles. The Morgan fingerprint density at radius 3 is 2.33 bits per heavy atom. The van der Waals surface area contributed by atoms with Crippen LogP contribution in [0.25, 0.3) is 0 Å². The minimum atomic E-state index is -3.92. The highest BCUT2D eigenvalue weighted by Gasteiger charge is 2.31. The predicted molar refractivity (Wildman–Crippen MR) is 142 cm³/mol. The average molecular weight is 561 g/mol. The molecular formula is C24H31Cl2N3O6S. The number of anilines is 1. The van der Waals surface area contributed by atoms with Crippen LogP contribution in [-0.4, -0.2) is 64.7 Å².